The van der Waals surface area contributed by atoms with E-state index < -0.39 is 23.5 Å². The fourth-order valence-corrected chi connectivity index (χ4v) is 1.41. The first-order chi connectivity index (χ1) is 6.56. The normalized spacial score (nSPS) is 10.9. The summed E-state index contributed by atoms with van der Waals surface area (Å²) in [5.74, 6) is -0.961. The van der Waals surface area contributed by atoms with Gasteiger partial charge in [-0.3, -0.25) is 9.78 Å². The Balaban J connectivity index is 3.21. The first-order valence-corrected chi connectivity index (χ1v) is 4.75. The lowest BCUT2D eigenvalue weighted by molar-refractivity contribution is 0.138. The highest BCUT2D eigenvalue weighted by Gasteiger charge is 2.19. The third-order valence-corrected chi connectivity index (χ3v) is 2.11. The molecule has 78 valence electrons. The predicted molar refractivity (Wildman–Crippen MR) is 46.2 cm³/mol. The molecule has 0 spiro atoms. The van der Waals surface area contributed by atoms with Crippen molar-refractivity contribution in [1.82, 2.24) is 9.97 Å². The molecule has 0 unspecified atom stereocenters. The maximum absolute atomic E-state index is 12.8. The van der Waals surface area contributed by atoms with Crippen LogP contribution in [0.2, 0.25) is 0 Å². The van der Waals surface area contributed by atoms with Gasteiger partial charge < -0.3 is 0 Å². The number of alkyl halides is 2. The second-order valence-corrected chi connectivity index (χ2v) is 3.56. The Morgan fingerprint density at radius 2 is 2.21 bits per heavy atom. The second-order valence-electron chi connectivity index (χ2n) is 2.30. The van der Waals surface area contributed by atoms with Gasteiger partial charge in [-0.15, -0.1) is 0 Å². The zero-order valence-electron chi connectivity index (χ0n) is 7.18. The summed E-state index contributed by atoms with van der Waals surface area (Å²) >= 11 is 1.06. The van der Waals surface area contributed by atoms with Crippen LogP contribution in [0.15, 0.2) is 9.95 Å². The highest BCUT2D eigenvalue weighted by Crippen LogP contribution is 2.20. The number of nitrogens with zero attached hydrogens (tertiary/aromatic N) is 1. The highest BCUT2D eigenvalue weighted by molar-refractivity contribution is 7.99. The number of hydrogen-bond donors (Lipinski definition) is 1. The molecule has 0 radical (unpaired) electrons. The number of nitrogens with one attached hydrogen (secondary N) is 1. The van der Waals surface area contributed by atoms with E-state index in [4.69, 9.17) is 0 Å². The van der Waals surface area contributed by atoms with E-state index in [1.54, 1.807) is 6.92 Å². The molecule has 0 bridgehead atoms. The lowest BCUT2D eigenvalue weighted by atomic mass is 10.4. The molecular formula is C7H7F3N2OS. The van der Waals surface area contributed by atoms with Crippen molar-refractivity contribution < 1.29 is 13.2 Å². The van der Waals surface area contributed by atoms with Crippen LogP contribution in [-0.4, -0.2) is 15.7 Å². The van der Waals surface area contributed by atoms with E-state index in [0.29, 0.717) is 5.75 Å². The number of hydrogen-bond acceptors (Lipinski definition) is 3. The number of rotatable bonds is 3. The molecule has 0 aliphatic rings. The Morgan fingerprint density at radius 3 is 2.71 bits per heavy atom. The van der Waals surface area contributed by atoms with Crippen LogP contribution in [0.3, 0.4) is 0 Å². The Labute approximate surface area is 81.7 Å². The monoisotopic (exact) mass is 224 g/mol. The fourth-order valence-electron chi connectivity index (χ4n) is 0.804. The molecule has 0 atom stereocenters. The number of thioether (sulfide) groups is 1. The van der Waals surface area contributed by atoms with Crippen molar-refractivity contribution in [3.63, 3.8) is 0 Å². The largest absolute Gasteiger partial charge is 0.299 e. The summed E-state index contributed by atoms with van der Waals surface area (Å²) in [5.41, 5.74) is -2.25. The van der Waals surface area contributed by atoms with E-state index in [1.807, 2.05) is 0 Å². The maximum Gasteiger partial charge on any atom is 0.288 e. The molecule has 1 heterocycles. The molecule has 1 aromatic rings. The van der Waals surface area contributed by atoms with E-state index in [0.717, 1.165) is 11.8 Å². The van der Waals surface area contributed by atoms with Crippen molar-refractivity contribution >= 4 is 11.8 Å². The van der Waals surface area contributed by atoms with Crippen molar-refractivity contribution in [2.24, 2.45) is 0 Å². The van der Waals surface area contributed by atoms with Gasteiger partial charge in [-0.05, 0) is 5.75 Å². The average molecular weight is 224 g/mol. The van der Waals surface area contributed by atoms with Crippen LogP contribution in [0.4, 0.5) is 13.2 Å². The summed E-state index contributed by atoms with van der Waals surface area (Å²) in [4.78, 5) is 16.2. The van der Waals surface area contributed by atoms with E-state index >= 15 is 0 Å². The van der Waals surface area contributed by atoms with Gasteiger partial charge in [0, 0.05) is 0 Å². The highest BCUT2D eigenvalue weighted by atomic mass is 32.2. The number of aromatic amines is 1. The van der Waals surface area contributed by atoms with E-state index in [2.05, 4.69) is 9.97 Å². The van der Waals surface area contributed by atoms with E-state index in [9.17, 15) is 18.0 Å². The lowest BCUT2D eigenvalue weighted by Gasteiger charge is -2.02. The summed E-state index contributed by atoms with van der Waals surface area (Å²) in [6.45, 7) is 1.76. The predicted octanol–water partition coefficient (Wildman–Crippen LogP) is 1.96. The minimum atomic E-state index is -3.08. The molecule has 0 saturated heterocycles. The summed E-state index contributed by atoms with van der Waals surface area (Å²) in [6, 6.07) is 0. The van der Waals surface area contributed by atoms with Crippen LogP contribution < -0.4 is 5.56 Å². The molecule has 1 aromatic heterocycles. The molecule has 0 amide bonds. The van der Waals surface area contributed by atoms with Crippen molar-refractivity contribution in [3.05, 3.63) is 21.9 Å². The molecule has 0 saturated carbocycles. The van der Waals surface area contributed by atoms with E-state index in [1.165, 1.54) is 0 Å². The minimum absolute atomic E-state index is 0.00852. The van der Waals surface area contributed by atoms with Crippen LogP contribution in [-0.2, 0) is 0 Å². The van der Waals surface area contributed by atoms with Gasteiger partial charge in [-0.25, -0.2) is 13.8 Å². The first kappa shape index (κ1) is 11.1. The van der Waals surface area contributed by atoms with Gasteiger partial charge in [0.1, 0.15) is 0 Å². The Bertz CT molecular complexity index is 380. The van der Waals surface area contributed by atoms with Crippen molar-refractivity contribution in [3.8, 4) is 0 Å². The van der Waals surface area contributed by atoms with Gasteiger partial charge in [-0.1, -0.05) is 18.7 Å². The number of H-pyrrole nitrogens is 1. The molecule has 0 aromatic carbocycles. The number of aromatic nitrogens is 2. The van der Waals surface area contributed by atoms with Gasteiger partial charge in [0.05, 0.1) is 0 Å². The zero-order chi connectivity index (χ0) is 10.7. The first-order valence-electron chi connectivity index (χ1n) is 3.77. The van der Waals surface area contributed by atoms with Crippen LogP contribution in [0.1, 0.15) is 19.0 Å². The third kappa shape index (κ3) is 2.28. The topological polar surface area (TPSA) is 45.8 Å². The summed E-state index contributed by atoms with van der Waals surface area (Å²) < 4.78 is 37.1. The third-order valence-electron chi connectivity index (χ3n) is 1.35. The SMILES string of the molecule is CCSc1nc(C(F)F)c(F)c(=O)[nH]1. The maximum atomic E-state index is 12.8. The van der Waals surface area contributed by atoms with Crippen LogP contribution >= 0.6 is 11.8 Å². The van der Waals surface area contributed by atoms with Crippen LogP contribution in [0, 0.1) is 5.82 Å². The van der Waals surface area contributed by atoms with Gasteiger partial charge >= 0.3 is 0 Å². The Morgan fingerprint density at radius 1 is 1.57 bits per heavy atom. The van der Waals surface area contributed by atoms with Gasteiger partial charge in [0.2, 0.25) is 5.82 Å². The summed E-state index contributed by atoms with van der Waals surface area (Å²) in [7, 11) is 0. The zero-order valence-corrected chi connectivity index (χ0v) is 8.00. The summed E-state index contributed by atoms with van der Waals surface area (Å²) in [6.07, 6.45) is -3.08. The Kier molecular flexibility index (Phi) is 3.56. The average Bonchev–Trinajstić information content (AvgIpc) is 2.11. The number of halogens is 3. The van der Waals surface area contributed by atoms with Gasteiger partial charge in [-0.2, -0.15) is 4.39 Å². The lowest BCUT2D eigenvalue weighted by Crippen LogP contribution is -2.17. The quantitative estimate of drug-likeness (QED) is 0.630. The molecule has 1 rings (SSSR count). The molecule has 7 heteroatoms. The molecule has 14 heavy (non-hydrogen) atoms. The minimum Gasteiger partial charge on any atom is -0.299 e. The molecule has 0 fully saturated rings. The van der Waals surface area contributed by atoms with Gasteiger partial charge in [0.15, 0.2) is 10.9 Å². The van der Waals surface area contributed by atoms with Crippen LogP contribution in [0.5, 0.6) is 0 Å². The molecular weight excluding hydrogens is 217 g/mol. The molecule has 3 nitrogen and oxygen atoms in total. The standard InChI is InChI=1S/C7H7F3N2OS/c1-2-14-7-11-4(5(9)10)3(8)6(13)12-7/h5H,2H2,1H3,(H,11,12,13). The van der Waals surface area contributed by atoms with E-state index in [-0.39, 0.29) is 5.16 Å². The van der Waals surface area contributed by atoms with Crippen molar-refractivity contribution in [2.45, 2.75) is 18.5 Å². The van der Waals surface area contributed by atoms with Gasteiger partial charge in [0.25, 0.3) is 12.0 Å². The molecule has 1 N–H and O–H groups in total. The fraction of sp³-hybridized carbons (Fsp3) is 0.429. The molecule has 0 aliphatic heterocycles. The second kappa shape index (κ2) is 4.50. The van der Waals surface area contributed by atoms with Crippen LogP contribution in [0.25, 0.3) is 0 Å². The van der Waals surface area contributed by atoms with Crippen molar-refractivity contribution in [1.29, 1.82) is 0 Å². The summed E-state index contributed by atoms with van der Waals surface area (Å²) in [5, 5.41) is 0.00852. The Hall–Kier alpha value is -0.980. The molecule has 0 aliphatic carbocycles. The van der Waals surface area contributed by atoms with Crippen molar-refractivity contribution in [2.75, 3.05) is 5.75 Å². The smallest absolute Gasteiger partial charge is 0.288 e.